The van der Waals surface area contributed by atoms with Gasteiger partial charge in [-0.2, -0.15) is 0 Å². The van der Waals surface area contributed by atoms with Crippen molar-refractivity contribution in [3.8, 4) is 0 Å². The van der Waals surface area contributed by atoms with Gasteiger partial charge in [0, 0.05) is 12.1 Å². The maximum atomic E-state index is 11.2. The number of nitrogens with one attached hydrogen (secondary N) is 1. The van der Waals surface area contributed by atoms with Crippen LogP contribution in [0.4, 0.5) is 10.5 Å². The first-order valence-corrected chi connectivity index (χ1v) is 4.84. The van der Waals surface area contributed by atoms with Crippen LogP contribution in [0.5, 0.6) is 0 Å². The lowest BCUT2D eigenvalue weighted by atomic mass is 10.3. The highest BCUT2D eigenvalue weighted by atomic mass is 35.5. The van der Waals surface area contributed by atoms with Crippen LogP contribution in [0.3, 0.4) is 0 Å². The van der Waals surface area contributed by atoms with Crippen LogP contribution in [-0.2, 0) is 0 Å². The Balaban J connectivity index is 2.42. The van der Waals surface area contributed by atoms with Gasteiger partial charge < -0.3 is 5.32 Å². The highest BCUT2D eigenvalue weighted by molar-refractivity contribution is 7.97. The van der Waals surface area contributed by atoms with Crippen LogP contribution in [0.1, 0.15) is 0 Å². The van der Waals surface area contributed by atoms with Gasteiger partial charge in [0.25, 0.3) is 0 Å². The Bertz CT molecular complexity index is 369. The molecule has 68 valence electrons. The van der Waals surface area contributed by atoms with Crippen molar-refractivity contribution in [1.29, 1.82) is 0 Å². The minimum absolute atomic E-state index is 0.111. The number of hydrogen-bond acceptors (Lipinski definition) is 2. The molecule has 2 amide bonds. The van der Waals surface area contributed by atoms with Gasteiger partial charge in [0.1, 0.15) is 0 Å². The van der Waals surface area contributed by atoms with Crippen molar-refractivity contribution in [2.75, 3.05) is 12.4 Å². The first-order valence-electron chi connectivity index (χ1n) is 3.69. The van der Waals surface area contributed by atoms with E-state index < -0.39 is 0 Å². The first kappa shape index (κ1) is 8.72. The van der Waals surface area contributed by atoms with Crippen molar-refractivity contribution in [2.24, 2.45) is 0 Å². The van der Waals surface area contributed by atoms with E-state index in [4.69, 9.17) is 11.6 Å². The lowest BCUT2D eigenvalue weighted by Gasteiger charge is -2.24. The fraction of sp³-hybridized carbons (Fsp3) is 0.125. The Labute approximate surface area is 85.2 Å². The normalized spacial score (nSPS) is 15.2. The topological polar surface area (TPSA) is 32.3 Å². The number of urea groups is 1. The third kappa shape index (κ3) is 1.59. The Morgan fingerprint density at radius 2 is 2.31 bits per heavy atom. The number of nitrogens with zero attached hydrogens (tertiary/aromatic N) is 1. The summed E-state index contributed by atoms with van der Waals surface area (Å²) in [6.45, 7) is 0. The van der Waals surface area contributed by atoms with Crippen LogP contribution in [0, 0.1) is 0 Å². The highest BCUT2D eigenvalue weighted by Gasteiger charge is 2.19. The number of halogens is 1. The summed E-state index contributed by atoms with van der Waals surface area (Å²) < 4.78 is 1.53. The molecular formula is C8H7ClN2OS. The molecule has 13 heavy (non-hydrogen) atoms. The van der Waals surface area contributed by atoms with Crippen molar-refractivity contribution in [2.45, 2.75) is 4.90 Å². The van der Waals surface area contributed by atoms with Crippen molar-refractivity contribution in [3.05, 3.63) is 23.2 Å². The van der Waals surface area contributed by atoms with Gasteiger partial charge in [-0.3, -0.25) is 4.31 Å². The van der Waals surface area contributed by atoms with Gasteiger partial charge >= 0.3 is 6.03 Å². The van der Waals surface area contributed by atoms with Gasteiger partial charge in [-0.05, 0) is 30.1 Å². The van der Waals surface area contributed by atoms with Crippen LogP contribution in [0.15, 0.2) is 23.1 Å². The second-order valence-electron chi connectivity index (χ2n) is 2.66. The molecule has 1 heterocycles. The summed E-state index contributed by atoms with van der Waals surface area (Å²) in [7, 11) is 1.71. The Hall–Kier alpha value is -0.870. The van der Waals surface area contributed by atoms with E-state index in [1.807, 2.05) is 6.07 Å². The smallest absolute Gasteiger partial charge is 0.306 e. The zero-order valence-corrected chi connectivity index (χ0v) is 8.45. The molecule has 1 aromatic carbocycles. The fourth-order valence-corrected chi connectivity index (χ4v) is 2.12. The number of amides is 2. The number of benzene rings is 1. The summed E-state index contributed by atoms with van der Waals surface area (Å²) >= 11 is 7.19. The number of carbonyl (C=O) groups is 1. The number of anilines is 1. The second kappa shape index (κ2) is 3.12. The molecule has 0 fully saturated rings. The molecule has 0 bridgehead atoms. The monoisotopic (exact) mass is 214 g/mol. The third-order valence-electron chi connectivity index (χ3n) is 1.71. The number of rotatable bonds is 0. The van der Waals surface area contributed by atoms with E-state index in [0.29, 0.717) is 5.02 Å². The molecule has 3 nitrogen and oxygen atoms in total. The highest BCUT2D eigenvalue weighted by Crippen LogP contribution is 2.35. The average Bonchev–Trinajstić information content (AvgIpc) is 2.08. The largest absolute Gasteiger partial charge is 0.331 e. The summed E-state index contributed by atoms with van der Waals surface area (Å²) in [5.41, 5.74) is 0.817. The van der Waals surface area contributed by atoms with Gasteiger partial charge in [0.2, 0.25) is 0 Å². The van der Waals surface area contributed by atoms with Gasteiger partial charge in [-0.1, -0.05) is 11.6 Å². The van der Waals surface area contributed by atoms with Gasteiger partial charge in [0.05, 0.1) is 10.6 Å². The van der Waals surface area contributed by atoms with Crippen LogP contribution in [-0.4, -0.2) is 17.4 Å². The molecule has 0 saturated heterocycles. The van der Waals surface area contributed by atoms with E-state index in [1.165, 1.54) is 16.3 Å². The molecule has 0 aromatic heterocycles. The van der Waals surface area contributed by atoms with E-state index >= 15 is 0 Å². The number of hydrogen-bond donors (Lipinski definition) is 1. The predicted molar refractivity (Wildman–Crippen MR) is 54.1 cm³/mol. The van der Waals surface area contributed by atoms with Crippen LogP contribution >= 0.6 is 23.5 Å². The Kier molecular flexibility index (Phi) is 2.09. The zero-order chi connectivity index (χ0) is 9.42. The molecule has 1 aliphatic rings. The Morgan fingerprint density at radius 3 is 3.08 bits per heavy atom. The Morgan fingerprint density at radius 1 is 1.54 bits per heavy atom. The molecule has 0 unspecified atom stereocenters. The second-order valence-corrected chi connectivity index (χ2v) is 4.27. The number of carbonyl (C=O) groups excluding carboxylic acids is 1. The quantitative estimate of drug-likeness (QED) is 0.674. The SMILES string of the molecule is CN1Sc2cc(Cl)ccc2NC1=O. The lowest BCUT2D eigenvalue weighted by Crippen LogP contribution is -2.29. The molecule has 1 aliphatic heterocycles. The van der Waals surface area contributed by atoms with Crippen molar-refractivity contribution in [3.63, 3.8) is 0 Å². The molecule has 0 radical (unpaired) electrons. The van der Waals surface area contributed by atoms with Crippen LogP contribution in [0.25, 0.3) is 0 Å². The summed E-state index contributed by atoms with van der Waals surface area (Å²) in [4.78, 5) is 12.2. The van der Waals surface area contributed by atoms with E-state index in [9.17, 15) is 4.79 Å². The van der Waals surface area contributed by atoms with E-state index in [-0.39, 0.29) is 6.03 Å². The fourth-order valence-electron chi connectivity index (χ4n) is 1.06. The first-order chi connectivity index (χ1) is 6.16. The summed E-state index contributed by atoms with van der Waals surface area (Å²) in [5.74, 6) is 0. The summed E-state index contributed by atoms with van der Waals surface area (Å²) in [5, 5.41) is 3.42. The van der Waals surface area contributed by atoms with E-state index in [1.54, 1.807) is 19.2 Å². The van der Waals surface area contributed by atoms with Crippen LogP contribution in [0.2, 0.25) is 5.02 Å². The van der Waals surface area contributed by atoms with Gasteiger partial charge in [0.15, 0.2) is 0 Å². The van der Waals surface area contributed by atoms with Crippen LogP contribution < -0.4 is 5.32 Å². The third-order valence-corrected chi connectivity index (χ3v) is 2.92. The molecule has 5 heteroatoms. The molecule has 1 aromatic rings. The molecule has 0 atom stereocenters. The average molecular weight is 215 g/mol. The maximum absolute atomic E-state index is 11.2. The standard InChI is InChI=1S/C8H7ClN2OS/c1-11-8(12)10-6-3-2-5(9)4-7(6)13-11/h2-4H,1H3,(H,10,12). The maximum Gasteiger partial charge on any atom is 0.331 e. The molecular weight excluding hydrogens is 208 g/mol. The van der Waals surface area contributed by atoms with Crippen molar-refractivity contribution >= 4 is 35.3 Å². The summed E-state index contributed by atoms with van der Waals surface area (Å²) in [6.07, 6.45) is 0. The minimum atomic E-state index is -0.111. The van der Waals surface area contributed by atoms with Crippen molar-refractivity contribution in [1.82, 2.24) is 4.31 Å². The molecule has 0 aliphatic carbocycles. The molecule has 0 spiro atoms. The zero-order valence-electron chi connectivity index (χ0n) is 6.87. The molecule has 0 saturated carbocycles. The summed E-state index contributed by atoms with van der Waals surface area (Å²) in [6, 6.07) is 5.28. The van der Waals surface area contributed by atoms with Gasteiger partial charge in [-0.15, -0.1) is 0 Å². The minimum Gasteiger partial charge on any atom is -0.306 e. The van der Waals surface area contributed by atoms with E-state index in [0.717, 1.165) is 10.6 Å². The lowest BCUT2D eigenvalue weighted by molar-refractivity contribution is 0.242. The van der Waals surface area contributed by atoms with Crippen molar-refractivity contribution < 1.29 is 4.79 Å². The molecule has 2 rings (SSSR count). The van der Waals surface area contributed by atoms with Gasteiger partial charge in [-0.25, -0.2) is 4.79 Å². The van der Waals surface area contributed by atoms with E-state index in [2.05, 4.69) is 5.32 Å². The number of fused-ring (bicyclic) bond motifs is 1. The predicted octanol–water partition coefficient (Wildman–Crippen LogP) is 2.82. The molecule has 1 N–H and O–H groups in total.